The van der Waals surface area contributed by atoms with Crippen LogP contribution in [-0.2, 0) is 22.8 Å². The summed E-state index contributed by atoms with van der Waals surface area (Å²) in [5.74, 6) is -0.457. The minimum Gasteiger partial charge on any atom is -0.434 e. The summed E-state index contributed by atoms with van der Waals surface area (Å²) in [7, 11) is -2.85. The minimum absolute atomic E-state index is 0.351. The van der Waals surface area contributed by atoms with Crippen molar-refractivity contribution in [3.63, 3.8) is 0 Å². The van der Waals surface area contributed by atoms with Crippen LogP contribution in [0.1, 0.15) is 92.4 Å². The molecular weight excluding hydrogens is 360 g/mol. The van der Waals surface area contributed by atoms with Gasteiger partial charge < -0.3 is 18.0 Å². The maximum absolute atomic E-state index is 11.7. The molecule has 0 amide bonds. The van der Waals surface area contributed by atoms with Gasteiger partial charge in [-0.05, 0) is 34.1 Å². The Morgan fingerprint density at radius 1 is 0.889 bits per heavy atom. The topological polar surface area (TPSA) is 54.0 Å². The van der Waals surface area contributed by atoms with Crippen molar-refractivity contribution in [3.05, 3.63) is 12.2 Å². The van der Waals surface area contributed by atoms with Gasteiger partial charge in [-0.2, -0.15) is 0 Å². The van der Waals surface area contributed by atoms with Crippen LogP contribution in [-0.4, -0.2) is 34.3 Å². The van der Waals surface area contributed by atoms with Crippen LogP contribution >= 0.6 is 0 Å². The second-order valence-corrected chi connectivity index (χ2v) is 9.68. The van der Waals surface area contributed by atoms with E-state index in [1.54, 1.807) is 13.8 Å². The Morgan fingerprint density at radius 3 is 1.81 bits per heavy atom. The van der Waals surface area contributed by atoms with E-state index in [1.807, 2.05) is 13.8 Å². The highest BCUT2D eigenvalue weighted by molar-refractivity contribution is 6.60. The van der Waals surface area contributed by atoms with E-state index >= 15 is 0 Å². The van der Waals surface area contributed by atoms with Gasteiger partial charge in [0.05, 0.1) is 0 Å². The second kappa shape index (κ2) is 16.3. The summed E-state index contributed by atoms with van der Waals surface area (Å²) in [6, 6.07) is 0.749. The molecule has 0 rings (SSSR count). The maximum Gasteiger partial charge on any atom is 0.503 e. The van der Waals surface area contributed by atoms with Crippen molar-refractivity contribution in [2.45, 2.75) is 105 Å². The fourth-order valence-corrected chi connectivity index (χ4v) is 5.68. The van der Waals surface area contributed by atoms with Gasteiger partial charge in [-0.25, -0.2) is 4.79 Å². The predicted molar refractivity (Wildman–Crippen MR) is 112 cm³/mol. The Labute approximate surface area is 168 Å². The highest BCUT2D eigenvalue weighted by atomic mass is 28.4. The highest BCUT2D eigenvalue weighted by Crippen LogP contribution is 2.23. The summed E-state index contributed by atoms with van der Waals surface area (Å²) in [5.41, 5.74) is 0.351. The summed E-state index contributed by atoms with van der Waals surface area (Å²) in [5, 5.41) is 0. The van der Waals surface area contributed by atoms with E-state index < -0.39 is 21.1 Å². The van der Waals surface area contributed by atoms with E-state index in [4.69, 9.17) is 18.0 Å². The van der Waals surface area contributed by atoms with Crippen molar-refractivity contribution in [2.24, 2.45) is 0 Å². The monoisotopic (exact) mass is 402 g/mol. The first kappa shape index (κ1) is 26.3. The Balaban J connectivity index is 4.40. The summed E-state index contributed by atoms with van der Waals surface area (Å²) >= 11 is 0. The predicted octanol–water partition coefficient (Wildman–Crippen LogP) is 6.01. The number of ether oxygens (including phenoxy) is 1. The van der Waals surface area contributed by atoms with Crippen molar-refractivity contribution in [1.82, 2.24) is 0 Å². The molecule has 0 aromatic heterocycles. The van der Waals surface area contributed by atoms with Crippen LogP contribution < -0.4 is 0 Å². The molecule has 0 aliphatic rings. The van der Waals surface area contributed by atoms with Crippen LogP contribution in [0.3, 0.4) is 0 Å². The summed E-state index contributed by atoms with van der Waals surface area (Å²) in [4.78, 5) is 11.7. The van der Waals surface area contributed by atoms with Gasteiger partial charge in [0, 0.05) is 24.8 Å². The van der Waals surface area contributed by atoms with E-state index in [0.717, 1.165) is 18.9 Å². The maximum atomic E-state index is 11.7. The largest absolute Gasteiger partial charge is 0.503 e. The zero-order valence-corrected chi connectivity index (χ0v) is 19.3. The van der Waals surface area contributed by atoms with Crippen molar-refractivity contribution in [3.8, 4) is 0 Å². The molecule has 1 unspecified atom stereocenters. The standard InChI is InChI=1S/C21H42O5Si/c1-7-10-11-12-13-14-15-16-17-18-27(23-8-2,24-9-3)26-20(6)25-21(22)19(4)5/h20H,4,7-18H2,1-3,5-6H3. The van der Waals surface area contributed by atoms with Gasteiger partial charge in [0.2, 0.25) is 0 Å². The molecule has 0 fully saturated rings. The van der Waals surface area contributed by atoms with Crippen molar-refractivity contribution < 1.29 is 22.8 Å². The number of carbonyl (C=O) groups excluding carboxylic acids is 1. The zero-order valence-electron chi connectivity index (χ0n) is 18.3. The fraction of sp³-hybridized carbons (Fsp3) is 0.857. The second-order valence-electron chi connectivity index (χ2n) is 7.00. The molecule has 0 aliphatic heterocycles. The van der Waals surface area contributed by atoms with E-state index in [0.29, 0.717) is 18.8 Å². The SMILES string of the molecule is C=C(C)C(=O)OC(C)O[Si](CCCCCCCCCCC)(OCC)OCC. The quantitative estimate of drug-likeness (QED) is 0.0923. The Hall–Kier alpha value is -0.693. The van der Waals surface area contributed by atoms with Gasteiger partial charge in [0.1, 0.15) is 0 Å². The molecule has 0 bridgehead atoms. The lowest BCUT2D eigenvalue weighted by Crippen LogP contribution is -2.48. The molecule has 1 atom stereocenters. The molecule has 0 N–H and O–H groups in total. The van der Waals surface area contributed by atoms with E-state index in [9.17, 15) is 4.79 Å². The molecule has 0 aromatic rings. The third kappa shape index (κ3) is 13.2. The van der Waals surface area contributed by atoms with Crippen molar-refractivity contribution >= 4 is 14.8 Å². The van der Waals surface area contributed by atoms with Crippen molar-refractivity contribution in [1.29, 1.82) is 0 Å². The number of hydrogen-bond donors (Lipinski definition) is 0. The van der Waals surface area contributed by atoms with Gasteiger partial charge in [0.25, 0.3) is 0 Å². The Bertz CT molecular complexity index is 394. The summed E-state index contributed by atoms with van der Waals surface area (Å²) < 4.78 is 23.2. The molecule has 0 spiro atoms. The van der Waals surface area contributed by atoms with Crippen LogP contribution in [0, 0.1) is 0 Å². The van der Waals surface area contributed by atoms with Crippen LogP contribution in [0.25, 0.3) is 0 Å². The number of carbonyl (C=O) groups is 1. The molecular formula is C21H42O5Si. The molecule has 6 heteroatoms. The molecule has 5 nitrogen and oxygen atoms in total. The molecule has 0 aliphatic carbocycles. The Morgan fingerprint density at radius 2 is 1.37 bits per heavy atom. The van der Waals surface area contributed by atoms with Gasteiger partial charge in [0.15, 0.2) is 6.29 Å². The lowest BCUT2D eigenvalue weighted by molar-refractivity contribution is -0.162. The van der Waals surface area contributed by atoms with Gasteiger partial charge in [-0.3, -0.25) is 0 Å². The first-order chi connectivity index (χ1) is 12.9. The normalized spacial score (nSPS) is 12.8. The molecule has 0 radical (unpaired) electrons. The van der Waals surface area contributed by atoms with Crippen LogP contribution in [0.4, 0.5) is 0 Å². The average molecular weight is 403 g/mol. The van der Waals surface area contributed by atoms with Crippen LogP contribution in [0.5, 0.6) is 0 Å². The third-order valence-electron chi connectivity index (χ3n) is 4.28. The van der Waals surface area contributed by atoms with Gasteiger partial charge >= 0.3 is 14.8 Å². The third-order valence-corrected chi connectivity index (χ3v) is 7.40. The lowest BCUT2D eigenvalue weighted by atomic mass is 10.1. The summed E-state index contributed by atoms with van der Waals surface area (Å²) in [6.45, 7) is 14.1. The zero-order chi connectivity index (χ0) is 20.5. The minimum atomic E-state index is -2.85. The first-order valence-electron chi connectivity index (χ1n) is 10.7. The van der Waals surface area contributed by atoms with E-state index in [1.165, 1.54) is 44.9 Å². The highest BCUT2D eigenvalue weighted by Gasteiger charge is 2.42. The smallest absolute Gasteiger partial charge is 0.434 e. The molecule has 0 saturated heterocycles. The number of rotatable bonds is 18. The molecule has 0 saturated carbocycles. The fourth-order valence-electron chi connectivity index (χ4n) is 2.93. The first-order valence-corrected chi connectivity index (χ1v) is 12.7. The average Bonchev–Trinajstić information content (AvgIpc) is 2.60. The van der Waals surface area contributed by atoms with E-state index in [-0.39, 0.29) is 0 Å². The number of unbranched alkanes of at least 4 members (excludes halogenated alkanes) is 8. The van der Waals surface area contributed by atoms with Gasteiger partial charge in [-0.15, -0.1) is 0 Å². The molecule has 27 heavy (non-hydrogen) atoms. The van der Waals surface area contributed by atoms with E-state index in [2.05, 4.69) is 13.5 Å². The van der Waals surface area contributed by atoms with Crippen LogP contribution in [0.2, 0.25) is 6.04 Å². The number of esters is 1. The number of hydrogen-bond acceptors (Lipinski definition) is 5. The van der Waals surface area contributed by atoms with Crippen molar-refractivity contribution in [2.75, 3.05) is 13.2 Å². The molecule has 0 aromatic carbocycles. The Kier molecular flexibility index (Phi) is 15.9. The molecule has 0 heterocycles. The molecule has 160 valence electrons. The van der Waals surface area contributed by atoms with Crippen LogP contribution in [0.15, 0.2) is 12.2 Å². The lowest BCUT2D eigenvalue weighted by Gasteiger charge is -2.31. The summed E-state index contributed by atoms with van der Waals surface area (Å²) in [6.07, 6.45) is 10.6. The van der Waals surface area contributed by atoms with Gasteiger partial charge in [-0.1, -0.05) is 64.9 Å².